The molecular weight excluding hydrogens is 386 g/mol. The van der Waals surface area contributed by atoms with Crippen LogP contribution in [0.3, 0.4) is 0 Å². The van der Waals surface area contributed by atoms with E-state index in [9.17, 15) is 4.79 Å². The minimum Gasteiger partial charge on any atom is -0.353 e. The van der Waals surface area contributed by atoms with Crippen molar-refractivity contribution in [3.63, 3.8) is 0 Å². The summed E-state index contributed by atoms with van der Waals surface area (Å²) in [6, 6.07) is 4.28. The molecule has 2 aromatic heterocycles. The number of anilines is 1. The summed E-state index contributed by atoms with van der Waals surface area (Å²) < 4.78 is 0. The van der Waals surface area contributed by atoms with Crippen LogP contribution in [0.1, 0.15) is 76.8 Å². The number of rotatable bonds is 6. The molecule has 1 saturated heterocycles. The Morgan fingerprint density at radius 3 is 2.48 bits per heavy atom. The third-order valence-corrected chi connectivity index (χ3v) is 6.69. The minimum absolute atomic E-state index is 0.241. The van der Waals surface area contributed by atoms with Gasteiger partial charge in [0.15, 0.2) is 0 Å². The summed E-state index contributed by atoms with van der Waals surface area (Å²) in [7, 11) is 0. The zero-order valence-electron chi connectivity index (χ0n) is 18.9. The topological polar surface area (TPSA) is 71.0 Å². The summed E-state index contributed by atoms with van der Waals surface area (Å²) in [5.74, 6) is 1.94. The molecule has 0 unspecified atom stereocenters. The van der Waals surface area contributed by atoms with Crippen molar-refractivity contribution < 1.29 is 4.79 Å². The first kappa shape index (κ1) is 21.7. The first-order chi connectivity index (χ1) is 15.1. The fourth-order valence-corrected chi connectivity index (χ4v) is 4.90. The van der Waals surface area contributed by atoms with Crippen molar-refractivity contribution in [1.82, 2.24) is 20.3 Å². The van der Waals surface area contributed by atoms with Crippen LogP contribution in [-0.4, -0.2) is 40.0 Å². The largest absolute Gasteiger partial charge is 0.353 e. The van der Waals surface area contributed by atoms with Gasteiger partial charge < -0.3 is 10.2 Å². The predicted octanol–water partition coefficient (Wildman–Crippen LogP) is 4.72. The molecule has 1 aliphatic heterocycles. The van der Waals surface area contributed by atoms with Crippen molar-refractivity contribution in [2.75, 3.05) is 18.0 Å². The normalized spacial score (nSPS) is 18.4. The number of nitrogens with zero attached hydrogens (tertiary/aromatic N) is 4. The molecular formula is C25H35N5O. The van der Waals surface area contributed by atoms with Crippen LogP contribution in [0.25, 0.3) is 11.1 Å². The second kappa shape index (κ2) is 10.2. The van der Waals surface area contributed by atoms with Crippen molar-refractivity contribution >= 4 is 11.9 Å². The molecule has 2 aliphatic rings. The van der Waals surface area contributed by atoms with E-state index in [-0.39, 0.29) is 11.9 Å². The fraction of sp³-hybridized carbons (Fsp3) is 0.600. The molecule has 6 nitrogen and oxygen atoms in total. The van der Waals surface area contributed by atoms with Crippen LogP contribution in [0.4, 0.5) is 5.95 Å². The molecule has 1 saturated carbocycles. The molecule has 0 bridgehead atoms. The summed E-state index contributed by atoms with van der Waals surface area (Å²) in [6.07, 6.45) is 14.5. The van der Waals surface area contributed by atoms with Crippen molar-refractivity contribution in [3.8, 4) is 11.1 Å². The summed E-state index contributed by atoms with van der Waals surface area (Å²) in [5, 5.41) is 3.29. The van der Waals surface area contributed by atoms with Gasteiger partial charge >= 0.3 is 0 Å². The van der Waals surface area contributed by atoms with Crippen LogP contribution in [0.2, 0.25) is 0 Å². The summed E-state index contributed by atoms with van der Waals surface area (Å²) in [6.45, 7) is 6.09. The lowest BCUT2D eigenvalue weighted by molar-refractivity contribution is -0.123. The van der Waals surface area contributed by atoms with Gasteiger partial charge in [-0.05, 0) is 55.2 Å². The highest BCUT2D eigenvalue weighted by molar-refractivity contribution is 5.76. The molecule has 1 N–H and O–H groups in total. The minimum atomic E-state index is 0.241. The van der Waals surface area contributed by atoms with Gasteiger partial charge in [-0.15, -0.1) is 0 Å². The van der Waals surface area contributed by atoms with Gasteiger partial charge in [0, 0.05) is 49.7 Å². The molecule has 166 valence electrons. The third kappa shape index (κ3) is 5.60. The van der Waals surface area contributed by atoms with Crippen molar-refractivity contribution in [2.45, 2.75) is 77.2 Å². The van der Waals surface area contributed by atoms with E-state index in [1.807, 2.05) is 18.3 Å². The number of carbonyl (C=O) groups excluding carboxylic acids is 1. The molecule has 3 heterocycles. The van der Waals surface area contributed by atoms with Crippen LogP contribution in [-0.2, 0) is 4.79 Å². The molecule has 0 atom stereocenters. The monoisotopic (exact) mass is 421 g/mol. The van der Waals surface area contributed by atoms with Crippen LogP contribution in [0.15, 0.2) is 30.7 Å². The number of nitrogens with one attached hydrogen (secondary N) is 1. The Kier molecular flexibility index (Phi) is 7.15. The maximum Gasteiger partial charge on any atom is 0.225 e. The Morgan fingerprint density at radius 1 is 1.10 bits per heavy atom. The molecule has 2 aromatic rings. The average molecular weight is 422 g/mol. The van der Waals surface area contributed by atoms with E-state index >= 15 is 0 Å². The van der Waals surface area contributed by atoms with Crippen LogP contribution >= 0.6 is 0 Å². The predicted molar refractivity (Wildman–Crippen MR) is 124 cm³/mol. The number of amides is 1. The van der Waals surface area contributed by atoms with Crippen molar-refractivity contribution in [1.29, 1.82) is 0 Å². The SMILES string of the molecule is CC(C)c1nc(N2CCC(NC(=O)CC3CCCCC3)CC2)ncc1-c1ccncc1. The van der Waals surface area contributed by atoms with Gasteiger partial charge in [-0.3, -0.25) is 9.78 Å². The number of hydrogen-bond acceptors (Lipinski definition) is 5. The molecule has 6 heteroatoms. The molecule has 1 amide bonds. The quantitative estimate of drug-likeness (QED) is 0.731. The van der Waals surface area contributed by atoms with Crippen molar-refractivity contribution in [2.24, 2.45) is 5.92 Å². The lowest BCUT2D eigenvalue weighted by Crippen LogP contribution is -2.45. The second-order valence-corrected chi connectivity index (χ2v) is 9.40. The van der Waals surface area contributed by atoms with E-state index in [2.05, 4.69) is 29.0 Å². The van der Waals surface area contributed by atoms with Crippen molar-refractivity contribution in [3.05, 3.63) is 36.4 Å². The molecule has 0 aromatic carbocycles. The molecule has 4 rings (SSSR count). The molecule has 0 spiro atoms. The third-order valence-electron chi connectivity index (χ3n) is 6.69. The number of pyridine rings is 1. The highest BCUT2D eigenvalue weighted by atomic mass is 16.1. The van der Waals surface area contributed by atoms with Gasteiger partial charge in [-0.25, -0.2) is 9.97 Å². The number of piperidine rings is 1. The molecule has 1 aliphatic carbocycles. The average Bonchev–Trinajstić information content (AvgIpc) is 2.80. The van der Waals surface area contributed by atoms with Crippen LogP contribution in [0.5, 0.6) is 0 Å². The zero-order chi connectivity index (χ0) is 21.6. The van der Waals surface area contributed by atoms with Gasteiger partial charge in [0.25, 0.3) is 0 Å². The first-order valence-corrected chi connectivity index (χ1v) is 11.9. The summed E-state index contributed by atoms with van der Waals surface area (Å²) in [5.41, 5.74) is 3.25. The lowest BCUT2D eigenvalue weighted by Gasteiger charge is -2.33. The number of carbonyl (C=O) groups is 1. The molecule has 2 fully saturated rings. The maximum atomic E-state index is 12.5. The Hall–Kier alpha value is -2.50. The lowest BCUT2D eigenvalue weighted by atomic mass is 9.86. The van der Waals surface area contributed by atoms with E-state index in [0.717, 1.165) is 48.7 Å². The number of aromatic nitrogens is 3. The first-order valence-electron chi connectivity index (χ1n) is 11.9. The van der Waals surface area contributed by atoms with E-state index in [4.69, 9.17) is 9.97 Å². The zero-order valence-corrected chi connectivity index (χ0v) is 18.9. The summed E-state index contributed by atoms with van der Waals surface area (Å²) in [4.78, 5) is 28.5. The maximum absolute atomic E-state index is 12.5. The highest BCUT2D eigenvalue weighted by Crippen LogP contribution is 2.29. The van der Waals surface area contributed by atoms with E-state index in [1.54, 1.807) is 12.4 Å². The van der Waals surface area contributed by atoms with Crippen LogP contribution in [0, 0.1) is 5.92 Å². The van der Waals surface area contributed by atoms with E-state index in [1.165, 1.54) is 32.1 Å². The number of hydrogen-bond donors (Lipinski definition) is 1. The van der Waals surface area contributed by atoms with Gasteiger partial charge in [0.1, 0.15) is 0 Å². The second-order valence-electron chi connectivity index (χ2n) is 9.40. The Labute approximate surface area is 185 Å². The Bertz CT molecular complexity index is 855. The highest BCUT2D eigenvalue weighted by Gasteiger charge is 2.25. The Morgan fingerprint density at radius 2 is 1.81 bits per heavy atom. The summed E-state index contributed by atoms with van der Waals surface area (Å²) >= 11 is 0. The van der Waals surface area contributed by atoms with Crippen LogP contribution < -0.4 is 10.2 Å². The van der Waals surface area contributed by atoms with Gasteiger partial charge in [-0.1, -0.05) is 33.1 Å². The Balaban J connectivity index is 1.35. The van der Waals surface area contributed by atoms with Gasteiger partial charge in [-0.2, -0.15) is 0 Å². The smallest absolute Gasteiger partial charge is 0.225 e. The fourth-order valence-electron chi connectivity index (χ4n) is 4.90. The van der Waals surface area contributed by atoms with E-state index in [0.29, 0.717) is 18.3 Å². The molecule has 31 heavy (non-hydrogen) atoms. The molecule has 0 radical (unpaired) electrons. The van der Waals surface area contributed by atoms with E-state index < -0.39 is 0 Å². The standard InChI is InChI=1S/C25H35N5O/c1-18(2)24-22(20-8-12-26-13-9-20)17-27-25(29-24)30-14-10-21(11-15-30)28-23(31)16-19-6-4-3-5-7-19/h8-9,12-13,17-19,21H,3-7,10-11,14-16H2,1-2H3,(H,28,31). The van der Waals surface area contributed by atoms with Gasteiger partial charge in [0.2, 0.25) is 11.9 Å². The van der Waals surface area contributed by atoms with Gasteiger partial charge in [0.05, 0.1) is 5.69 Å².